The number of rotatable bonds is 0. The van der Waals surface area contributed by atoms with Crippen molar-refractivity contribution in [3.05, 3.63) is 0 Å². The number of likely N-dealkylation sites (tertiary alicyclic amines) is 1. The highest BCUT2D eigenvalue weighted by Crippen LogP contribution is 2.44. The van der Waals surface area contributed by atoms with Gasteiger partial charge in [-0.3, -0.25) is 4.79 Å². The van der Waals surface area contributed by atoms with Gasteiger partial charge in [-0.1, -0.05) is 0 Å². The van der Waals surface area contributed by atoms with Crippen LogP contribution in [0, 0.1) is 0 Å². The van der Waals surface area contributed by atoms with E-state index in [0.29, 0.717) is 0 Å². The molecule has 74 valence electrons. The lowest BCUT2D eigenvalue weighted by Gasteiger charge is -2.40. The molecule has 6 heteroatoms. The van der Waals surface area contributed by atoms with Gasteiger partial charge in [0.2, 0.25) is 0 Å². The van der Waals surface area contributed by atoms with Gasteiger partial charge in [0, 0.05) is 13.1 Å². The molecule has 2 saturated heterocycles. The Bertz CT molecular complexity index is 219. The minimum atomic E-state index is -0.215. The van der Waals surface area contributed by atoms with Crippen LogP contribution in [-0.2, 0) is 4.52 Å². The van der Waals surface area contributed by atoms with Gasteiger partial charge in [0.15, 0.2) is 0 Å². The van der Waals surface area contributed by atoms with Crippen molar-refractivity contribution >= 4 is 26.0 Å². The Labute approximate surface area is 83.7 Å². The second-order valence-corrected chi connectivity index (χ2v) is 5.41. The summed E-state index contributed by atoms with van der Waals surface area (Å²) in [6.07, 6.45) is 1.91. The zero-order valence-electron chi connectivity index (χ0n) is 7.50. The maximum Gasteiger partial charge on any atom is 0.286 e. The Balaban J connectivity index is 1.99. The van der Waals surface area contributed by atoms with Crippen LogP contribution in [0.4, 0.5) is 4.79 Å². The van der Waals surface area contributed by atoms with Crippen LogP contribution < -0.4 is 5.09 Å². The van der Waals surface area contributed by atoms with Crippen LogP contribution in [0.2, 0.25) is 0 Å². The number of hydrogen-bond donors (Lipinski definition) is 1. The summed E-state index contributed by atoms with van der Waals surface area (Å²) in [5.41, 5.74) is 0. The number of hydrogen-bond acceptors (Lipinski definition) is 4. The van der Waals surface area contributed by atoms with E-state index >= 15 is 0 Å². The number of nitrogens with one attached hydrogen (secondary N) is 1. The highest BCUT2D eigenvalue weighted by Gasteiger charge is 2.40. The topological polar surface area (TPSA) is 41.6 Å². The SMILES string of the molecule is CN1CCC2(CC1)OPNC(=O)S2. The van der Waals surface area contributed by atoms with Gasteiger partial charge in [-0.25, -0.2) is 0 Å². The molecule has 1 N–H and O–H groups in total. The molecule has 2 aliphatic heterocycles. The summed E-state index contributed by atoms with van der Waals surface area (Å²) in [6.45, 7) is 2.04. The number of piperidine rings is 1. The van der Waals surface area contributed by atoms with Gasteiger partial charge in [0.25, 0.3) is 5.24 Å². The van der Waals surface area contributed by atoms with E-state index in [-0.39, 0.29) is 19.1 Å². The Morgan fingerprint density at radius 2 is 2.31 bits per heavy atom. The fourth-order valence-corrected chi connectivity index (χ4v) is 3.41. The van der Waals surface area contributed by atoms with Crippen molar-refractivity contribution in [2.45, 2.75) is 17.8 Å². The minimum Gasteiger partial charge on any atom is -0.324 e. The number of carbonyl (C=O) groups is 1. The van der Waals surface area contributed by atoms with E-state index in [2.05, 4.69) is 17.0 Å². The van der Waals surface area contributed by atoms with Crippen molar-refractivity contribution in [1.29, 1.82) is 0 Å². The first-order valence-electron chi connectivity index (χ1n) is 4.31. The molecule has 0 radical (unpaired) electrons. The summed E-state index contributed by atoms with van der Waals surface area (Å²) in [6, 6.07) is 0. The van der Waals surface area contributed by atoms with Crippen molar-refractivity contribution in [1.82, 2.24) is 9.99 Å². The van der Waals surface area contributed by atoms with Gasteiger partial charge in [-0.2, -0.15) is 0 Å². The first-order chi connectivity index (χ1) is 6.20. The zero-order chi connectivity index (χ0) is 9.31. The lowest BCUT2D eigenvalue weighted by Crippen LogP contribution is -2.44. The van der Waals surface area contributed by atoms with Gasteiger partial charge >= 0.3 is 0 Å². The largest absolute Gasteiger partial charge is 0.324 e. The van der Waals surface area contributed by atoms with E-state index in [0.717, 1.165) is 25.9 Å². The van der Waals surface area contributed by atoms with Gasteiger partial charge in [0.05, 0.1) is 0 Å². The molecule has 1 amide bonds. The van der Waals surface area contributed by atoms with Gasteiger partial charge in [-0.05, 0) is 31.7 Å². The molecule has 2 fully saturated rings. The van der Waals surface area contributed by atoms with Crippen molar-refractivity contribution in [3.8, 4) is 0 Å². The van der Waals surface area contributed by atoms with Crippen LogP contribution in [0.15, 0.2) is 0 Å². The smallest absolute Gasteiger partial charge is 0.286 e. The summed E-state index contributed by atoms with van der Waals surface area (Å²) in [5.74, 6) is 0. The van der Waals surface area contributed by atoms with Crippen molar-refractivity contribution < 1.29 is 9.32 Å². The number of amides is 1. The molecule has 4 nitrogen and oxygen atoms in total. The molecule has 1 spiro atoms. The summed E-state index contributed by atoms with van der Waals surface area (Å²) < 4.78 is 5.66. The molecule has 0 aromatic carbocycles. The lowest BCUT2D eigenvalue weighted by molar-refractivity contribution is 0.0982. The number of carbonyl (C=O) groups excluding carboxylic acids is 1. The Morgan fingerprint density at radius 1 is 1.62 bits per heavy atom. The molecule has 2 aliphatic rings. The van der Waals surface area contributed by atoms with Gasteiger partial charge in [0.1, 0.15) is 13.9 Å². The Morgan fingerprint density at radius 3 is 2.92 bits per heavy atom. The minimum absolute atomic E-state index is 0.0640. The molecule has 0 aromatic rings. The van der Waals surface area contributed by atoms with E-state index in [1.54, 1.807) is 0 Å². The molecule has 2 rings (SSSR count). The summed E-state index contributed by atoms with van der Waals surface area (Å²) in [7, 11) is 2.24. The van der Waals surface area contributed by atoms with Crippen molar-refractivity contribution in [3.63, 3.8) is 0 Å². The Kier molecular flexibility index (Phi) is 2.79. The van der Waals surface area contributed by atoms with E-state index in [1.807, 2.05) is 0 Å². The van der Waals surface area contributed by atoms with Crippen LogP contribution >= 0.6 is 20.7 Å². The van der Waals surface area contributed by atoms with E-state index in [9.17, 15) is 4.79 Å². The summed E-state index contributed by atoms with van der Waals surface area (Å²) >= 11 is 1.32. The van der Waals surface area contributed by atoms with Crippen LogP contribution in [0.5, 0.6) is 0 Å². The third-order valence-electron chi connectivity index (χ3n) is 2.42. The van der Waals surface area contributed by atoms with Crippen molar-refractivity contribution in [2.75, 3.05) is 20.1 Å². The molecular formula is C7H13N2O2PS. The zero-order valence-corrected chi connectivity index (χ0v) is 9.32. The number of nitrogens with zero attached hydrogens (tertiary/aromatic N) is 1. The van der Waals surface area contributed by atoms with E-state index < -0.39 is 0 Å². The molecule has 0 aromatic heterocycles. The van der Waals surface area contributed by atoms with Crippen LogP contribution in [-0.4, -0.2) is 35.2 Å². The maximum atomic E-state index is 11.2. The number of thioether (sulfide) groups is 1. The molecule has 2 heterocycles. The summed E-state index contributed by atoms with van der Waals surface area (Å²) in [5, 5.41) is 2.74. The first kappa shape index (κ1) is 9.71. The normalized spacial score (nSPS) is 30.7. The molecule has 0 aliphatic carbocycles. The molecule has 0 saturated carbocycles. The quantitative estimate of drug-likeness (QED) is 0.626. The molecule has 13 heavy (non-hydrogen) atoms. The van der Waals surface area contributed by atoms with Crippen LogP contribution in [0.25, 0.3) is 0 Å². The van der Waals surface area contributed by atoms with Crippen LogP contribution in [0.1, 0.15) is 12.8 Å². The second kappa shape index (κ2) is 3.73. The van der Waals surface area contributed by atoms with Crippen LogP contribution in [0.3, 0.4) is 0 Å². The highest BCUT2D eigenvalue weighted by molar-refractivity contribution is 8.15. The van der Waals surface area contributed by atoms with Crippen molar-refractivity contribution in [2.24, 2.45) is 0 Å². The highest BCUT2D eigenvalue weighted by atomic mass is 32.2. The standard InChI is InChI=1S/C7H13N2O2PS/c1-9-4-2-7(3-5-9)11-12-8-6(10)13-7/h12H,2-5H2,1H3,(H,8,10). The third-order valence-corrected chi connectivity index (χ3v) is 4.72. The van der Waals surface area contributed by atoms with E-state index in [1.165, 1.54) is 11.8 Å². The Hall–Kier alpha value is 0.170. The molecule has 0 bridgehead atoms. The molecular weight excluding hydrogens is 207 g/mol. The fraction of sp³-hybridized carbons (Fsp3) is 0.857. The van der Waals surface area contributed by atoms with E-state index in [4.69, 9.17) is 4.52 Å². The average Bonchev–Trinajstić information content (AvgIpc) is 2.11. The molecule has 1 unspecified atom stereocenters. The average molecular weight is 220 g/mol. The lowest BCUT2D eigenvalue weighted by atomic mass is 10.1. The first-order valence-corrected chi connectivity index (χ1v) is 6.03. The monoisotopic (exact) mass is 220 g/mol. The second-order valence-electron chi connectivity index (χ2n) is 3.43. The fourth-order valence-electron chi connectivity index (χ4n) is 1.54. The predicted octanol–water partition coefficient (Wildman–Crippen LogP) is 1.39. The predicted molar refractivity (Wildman–Crippen MR) is 55.0 cm³/mol. The third kappa shape index (κ3) is 2.15. The summed E-state index contributed by atoms with van der Waals surface area (Å²) in [4.78, 5) is 13.2. The van der Waals surface area contributed by atoms with Gasteiger partial charge in [-0.15, -0.1) is 0 Å². The maximum absolute atomic E-state index is 11.2. The molecule has 1 atom stereocenters. The van der Waals surface area contributed by atoms with Gasteiger partial charge < -0.3 is 14.5 Å².